The van der Waals surface area contributed by atoms with E-state index in [1.165, 1.54) is 4.88 Å². The van der Waals surface area contributed by atoms with Crippen LogP contribution in [0.1, 0.15) is 9.88 Å². The summed E-state index contributed by atoms with van der Waals surface area (Å²) in [4.78, 5) is 1.35. The highest BCUT2D eigenvalue weighted by molar-refractivity contribution is 7.11. The van der Waals surface area contributed by atoms with Crippen LogP contribution >= 0.6 is 22.7 Å². The van der Waals surface area contributed by atoms with Crippen molar-refractivity contribution in [2.24, 2.45) is 0 Å². The number of hydrogen-bond donors (Lipinski definition) is 0. The number of thiophene rings is 1. The minimum absolute atomic E-state index is 0.933. The molecule has 2 aromatic rings. The van der Waals surface area contributed by atoms with Crippen molar-refractivity contribution in [2.75, 3.05) is 0 Å². The third-order valence-corrected chi connectivity index (χ3v) is 2.88. The van der Waals surface area contributed by atoms with Crippen LogP contribution in [0.25, 0.3) is 0 Å². The Balaban J connectivity index is 2.14. The molecule has 0 amide bonds. The quantitative estimate of drug-likeness (QED) is 0.711. The minimum Gasteiger partial charge on any atom is -0.148 e. The summed E-state index contributed by atoms with van der Waals surface area (Å²) >= 11 is 3.37. The highest BCUT2D eigenvalue weighted by Crippen LogP contribution is 2.14. The first kappa shape index (κ1) is 6.94. The van der Waals surface area contributed by atoms with Gasteiger partial charge in [0, 0.05) is 11.3 Å². The lowest BCUT2D eigenvalue weighted by Gasteiger charge is -1.87. The number of hydrogen-bond acceptors (Lipinski definition) is 4. The summed E-state index contributed by atoms with van der Waals surface area (Å²) in [5.41, 5.74) is 1.77. The smallest absolute Gasteiger partial charge is 0.122 e. The maximum absolute atomic E-state index is 3.97. The summed E-state index contributed by atoms with van der Waals surface area (Å²) in [7, 11) is 0. The van der Waals surface area contributed by atoms with Crippen molar-refractivity contribution in [3.8, 4) is 0 Å². The maximum Gasteiger partial charge on any atom is 0.122 e. The normalized spacial score (nSPS) is 10.2. The number of rotatable bonds is 2. The van der Waals surface area contributed by atoms with Crippen molar-refractivity contribution < 1.29 is 0 Å². The van der Waals surface area contributed by atoms with Crippen molar-refractivity contribution in [2.45, 2.75) is 6.42 Å². The fourth-order valence-corrected chi connectivity index (χ4v) is 2.18. The molecule has 11 heavy (non-hydrogen) atoms. The van der Waals surface area contributed by atoms with Gasteiger partial charge in [-0.3, -0.25) is 0 Å². The predicted octanol–water partition coefficient (Wildman–Crippen LogP) is 2.19. The topological polar surface area (TPSA) is 25.8 Å². The van der Waals surface area contributed by atoms with E-state index < -0.39 is 0 Å². The Hall–Kier alpha value is -0.740. The van der Waals surface area contributed by atoms with E-state index in [2.05, 4.69) is 27.7 Å². The van der Waals surface area contributed by atoms with E-state index in [0.717, 1.165) is 11.4 Å². The van der Waals surface area contributed by atoms with Crippen molar-refractivity contribution >= 4 is 22.7 Å². The molecule has 0 saturated carbocycles. The maximum atomic E-state index is 3.97. The first-order valence-corrected chi connectivity index (χ1v) is 4.98. The molecular formula is C7H6N2S2. The van der Waals surface area contributed by atoms with E-state index >= 15 is 0 Å². The molecule has 0 unspecified atom stereocenters. The van der Waals surface area contributed by atoms with Gasteiger partial charge >= 0.3 is 0 Å². The molecule has 0 aliphatic rings. The number of nitrogens with zero attached hydrogens (tertiary/aromatic N) is 2. The molecule has 0 aromatic carbocycles. The monoisotopic (exact) mass is 182 g/mol. The second-order valence-corrected chi connectivity index (χ2v) is 4.04. The highest BCUT2D eigenvalue weighted by Gasteiger charge is 1.98. The van der Waals surface area contributed by atoms with E-state index in [0.29, 0.717) is 0 Å². The molecule has 0 N–H and O–H groups in total. The van der Waals surface area contributed by atoms with Crippen LogP contribution in [0.4, 0.5) is 0 Å². The van der Waals surface area contributed by atoms with Gasteiger partial charge in [0.1, 0.15) is 10.5 Å². The molecule has 2 heterocycles. The average Bonchev–Trinajstić information content (AvgIpc) is 2.60. The average molecular weight is 182 g/mol. The van der Waals surface area contributed by atoms with Gasteiger partial charge in [0.2, 0.25) is 0 Å². The van der Waals surface area contributed by atoms with Crippen molar-refractivity contribution in [1.29, 1.82) is 0 Å². The van der Waals surface area contributed by atoms with Crippen LogP contribution in [0.2, 0.25) is 0 Å². The van der Waals surface area contributed by atoms with Gasteiger partial charge in [0.25, 0.3) is 0 Å². The van der Waals surface area contributed by atoms with Crippen LogP contribution in [0.15, 0.2) is 23.0 Å². The van der Waals surface area contributed by atoms with Crippen LogP contribution in [0.5, 0.6) is 0 Å². The third kappa shape index (κ3) is 1.64. The van der Waals surface area contributed by atoms with E-state index in [1.807, 2.05) is 0 Å². The molecule has 0 spiro atoms. The van der Waals surface area contributed by atoms with Crippen LogP contribution in [-0.2, 0) is 6.42 Å². The summed E-state index contributed by atoms with van der Waals surface area (Å²) in [6.07, 6.45) is 0.933. The van der Waals surface area contributed by atoms with Crippen molar-refractivity contribution in [1.82, 2.24) is 10.2 Å². The lowest BCUT2D eigenvalue weighted by molar-refractivity contribution is 1.01. The molecule has 4 heteroatoms. The largest absolute Gasteiger partial charge is 0.148 e. The summed E-state index contributed by atoms with van der Waals surface area (Å²) in [5, 5.41) is 10.9. The van der Waals surface area contributed by atoms with Gasteiger partial charge < -0.3 is 0 Å². The highest BCUT2D eigenvalue weighted by atomic mass is 32.1. The van der Waals surface area contributed by atoms with Crippen LogP contribution < -0.4 is 0 Å². The molecule has 0 saturated heterocycles. The number of aromatic nitrogens is 2. The second kappa shape index (κ2) is 3.11. The molecule has 0 bridgehead atoms. The van der Waals surface area contributed by atoms with Crippen LogP contribution in [0.3, 0.4) is 0 Å². The molecule has 2 rings (SSSR count). The Kier molecular flexibility index (Phi) is 1.96. The van der Waals surface area contributed by atoms with Gasteiger partial charge in [-0.2, -0.15) is 0 Å². The Morgan fingerprint density at radius 1 is 1.36 bits per heavy atom. The Morgan fingerprint density at radius 2 is 2.36 bits per heavy atom. The molecular weight excluding hydrogens is 176 g/mol. The fraction of sp³-hybridized carbons (Fsp3) is 0.143. The second-order valence-electron chi connectivity index (χ2n) is 2.09. The van der Waals surface area contributed by atoms with E-state index in [-0.39, 0.29) is 0 Å². The summed E-state index contributed by atoms with van der Waals surface area (Å²) in [5.74, 6) is 0. The van der Waals surface area contributed by atoms with E-state index in [4.69, 9.17) is 0 Å². The SMILES string of the molecule is c1csc(Cc2nncs2)c1. The lowest BCUT2D eigenvalue weighted by Crippen LogP contribution is -1.81. The van der Waals surface area contributed by atoms with Crippen LogP contribution in [0, 0.1) is 0 Å². The van der Waals surface area contributed by atoms with E-state index in [9.17, 15) is 0 Å². The standard InChI is InChI=1S/C7H6N2S2/c1-2-6(10-3-1)4-7-9-8-5-11-7/h1-3,5H,4H2. The molecule has 0 radical (unpaired) electrons. The molecule has 2 nitrogen and oxygen atoms in total. The zero-order valence-corrected chi connectivity index (χ0v) is 7.36. The Bertz CT molecular complexity index is 267. The predicted molar refractivity (Wildman–Crippen MR) is 47.0 cm³/mol. The molecule has 0 aliphatic carbocycles. The summed E-state index contributed by atoms with van der Waals surface area (Å²) in [6, 6.07) is 4.17. The van der Waals surface area contributed by atoms with Crippen molar-refractivity contribution in [3.05, 3.63) is 32.9 Å². The summed E-state index contributed by atoms with van der Waals surface area (Å²) in [6.45, 7) is 0. The summed E-state index contributed by atoms with van der Waals surface area (Å²) < 4.78 is 0. The molecule has 0 fully saturated rings. The van der Waals surface area contributed by atoms with Gasteiger partial charge in [-0.25, -0.2) is 0 Å². The van der Waals surface area contributed by atoms with Gasteiger partial charge in [-0.15, -0.1) is 32.9 Å². The minimum atomic E-state index is 0.933. The molecule has 56 valence electrons. The first-order chi connectivity index (χ1) is 5.45. The fourth-order valence-electron chi connectivity index (χ4n) is 0.835. The Labute approximate surface area is 72.5 Å². The molecule has 0 atom stereocenters. The Morgan fingerprint density at radius 3 is 3.00 bits per heavy atom. The van der Waals surface area contributed by atoms with Gasteiger partial charge in [0.05, 0.1) is 0 Å². The van der Waals surface area contributed by atoms with Gasteiger partial charge in [-0.05, 0) is 11.4 Å². The van der Waals surface area contributed by atoms with Crippen LogP contribution in [-0.4, -0.2) is 10.2 Å². The third-order valence-electron chi connectivity index (χ3n) is 1.31. The van der Waals surface area contributed by atoms with Gasteiger partial charge in [-0.1, -0.05) is 6.07 Å². The molecule has 2 aromatic heterocycles. The zero-order chi connectivity index (χ0) is 7.52. The first-order valence-electron chi connectivity index (χ1n) is 3.22. The van der Waals surface area contributed by atoms with E-state index in [1.54, 1.807) is 28.2 Å². The zero-order valence-electron chi connectivity index (χ0n) is 5.73. The molecule has 0 aliphatic heterocycles. The lowest BCUT2D eigenvalue weighted by atomic mass is 10.4. The van der Waals surface area contributed by atoms with Gasteiger partial charge in [0.15, 0.2) is 0 Å². The van der Waals surface area contributed by atoms with Crippen molar-refractivity contribution in [3.63, 3.8) is 0 Å².